The average molecular weight is 564 g/mol. The van der Waals surface area contributed by atoms with Crippen LogP contribution < -0.4 is 25.4 Å². The van der Waals surface area contributed by atoms with E-state index < -0.39 is 10.0 Å². The molecule has 0 saturated carbocycles. The van der Waals surface area contributed by atoms with E-state index >= 15 is 0 Å². The van der Waals surface area contributed by atoms with Gasteiger partial charge < -0.3 is 25.6 Å². The Labute approximate surface area is 231 Å². The van der Waals surface area contributed by atoms with E-state index in [1.807, 2.05) is 0 Å². The third-order valence-electron chi connectivity index (χ3n) is 6.44. The maximum atomic E-state index is 13.0. The summed E-state index contributed by atoms with van der Waals surface area (Å²) in [4.78, 5) is 35.6. The van der Waals surface area contributed by atoms with Crippen LogP contribution in [0.3, 0.4) is 0 Å². The van der Waals surface area contributed by atoms with E-state index in [-0.39, 0.29) is 41.2 Å². The van der Waals surface area contributed by atoms with Crippen molar-refractivity contribution < 1.29 is 22.7 Å². The number of carbonyl (C=O) groups is 2. The first-order valence-corrected chi connectivity index (χ1v) is 14.3. The van der Waals surface area contributed by atoms with Crippen molar-refractivity contribution >= 4 is 50.4 Å². The van der Waals surface area contributed by atoms with Gasteiger partial charge in [-0.15, -0.1) is 0 Å². The molecular weight excluding hydrogens is 534 g/mol. The van der Waals surface area contributed by atoms with Crippen LogP contribution in [0.25, 0.3) is 5.57 Å². The molecular formula is C27H29N7O5S. The number of carbonyl (C=O) groups excluding carboxylic acids is 2. The van der Waals surface area contributed by atoms with Crippen molar-refractivity contribution in [1.29, 1.82) is 0 Å². The van der Waals surface area contributed by atoms with E-state index in [2.05, 4.69) is 30.6 Å². The molecule has 2 amide bonds. The van der Waals surface area contributed by atoms with Crippen LogP contribution in [0.15, 0.2) is 66.0 Å². The quantitative estimate of drug-likeness (QED) is 0.376. The smallest absolute Gasteiger partial charge is 0.262 e. The predicted molar refractivity (Wildman–Crippen MR) is 151 cm³/mol. The van der Waals surface area contributed by atoms with Crippen molar-refractivity contribution in [1.82, 2.24) is 14.9 Å². The number of fused-ring (bicyclic) bond motifs is 2. The minimum atomic E-state index is -3.87. The number of rotatable bonds is 3. The number of ether oxygens (including phenoxy) is 1. The second-order valence-electron chi connectivity index (χ2n) is 9.28. The van der Waals surface area contributed by atoms with Gasteiger partial charge in [0.15, 0.2) is 0 Å². The van der Waals surface area contributed by atoms with Crippen molar-refractivity contribution in [2.75, 3.05) is 47.4 Å². The van der Waals surface area contributed by atoms with Gasteiger partial charge in [-0.1, -0.05) is 18.2 Å². The van der Waals surface area contributed by atoms with Crippen LogP contribution in [0.5, 0.6) is 5.75 Å². The summed E-state index contributed by atoms with van der Waals surface area (Å²) in [6.45, 7) is 1.28. The fourth-order valence-electron chi connectivity index (χ4n) is 4.31. The second-order valence-corrected chi connectivity index (χ2v) is 11.0. The third-order valence-corrected chi connectivity index (χ3v) is 7.82. The van der Waals surface area contributed by atoms with Gasteiger partial charge in [0.1, 0.15) is 23.7 Å². The van der Waals surface area contributed by atoms with E-state index in [9.17, 15) is 18.0 Å². The number of hydrogen-bond acceptors (Lipinski definition) is 9. The third kappa shape index (κ3) is 5.99. The summed E-state index contributed by atoms with van der Waals surface area (Å²) in [5, 5.41) is 9.10. The van der Waals surface area contributed by atoms with E-state index in [0.717, 1.165) is 0 Å². The Balaban J connectivity index is 1.48. The summed E-state index contributed by atoms with van der Waals surface area (Å²) in [7, 11) is -2.12. The summed E-state index contributed by atoms with van der Waals surface area (Å²) in [5.41, 5.74) is 1.66. The largest absolute Gasteiger partial charge is 0.491 e. The highest BCUT2D eigenvalue weighted by molar-refractivity contribution is 7.92. The highest BCUT2D eigenvalue weighted by Gasteiger charge is 2.29. The molecule has 208 valence electrons. The molecule has 0 spiro atoms. The van der Waals surface area contributed by atoms with Crippen LogP contribution in [-0.4, -0.2) is 61.8 Å². The lowest BCUT2D eigenvalue weighted by Crippen LogP contribution is -2.29. The van der Waals surface area contributed by atoms with E-state index in [4.69, 9.17) is 4.74 Å². The van der Waals surface area contributed by atoms with Crippen LogP contribution in [-0.2, 0) is 19.6 Å². The molecule has 12 nitrogen and oxygen atoms in total. The van der Waals surface area contributed by atoms with Gasteiger partial charge in [-0.05, 0) is 37.1 Å². The number of aromatic nitrogens is 2. The normalized spacial score (nSPS) is 17.5. The number of hydrogen-bond donors (Lipinski definition) is 4. The average Bonchev–Trinajstić information content (AvgIpc) is 3.28. The van der Waals surface area contributed by atoms with E-state index in [0.29, 0.717) is 54.4 Å². The minimum absolute atomic E-state index is 0.0203. The number of nitrogens with zero attached hydrogens (tertiary/aromatic N) is 3. The zero-order valence-electron chi connectivity index (χ0n) is 21.8. The van der Waals surface area contributed by atoms with Crippen LogP contribution in [0, 0.1) is 0 Å². The molecule has 0 saturated heterocycles. The SMILES string of the molecule is CN1CCCNc2ncnc3c2/C(=C/Nc2ccc(NS(=O)(=O)c4ccccc4)c(c2)OCCCC1=O)C(=O)N3. The zero-order valence-corrected chi connectivity index (χ0v) is 22.6. The van der Waals surface area contributed by atoms with Crippen molar-refractivity contribution in [2.45, 2.75) is 24.2 Å². The Morgan fingerprint density at radius 3 is 2.65 bits per heavy atom. The van der Waals surface area contributed by atoms with Crippen molar-refractivity contribution in [2.24, 2.45) is 0 Å². The number of sulfonamides is 1. The van der Waals surface area contributed by atoms with Crippen LogP contribution in [0.4, 0.5) is 23.0 Å². The Hall–Kier alpha value is -4.65. The highest BCUT2D eigenvalue weighted by Crippen LogP contribution is 2.35. The van der Waals surface area contributed by atoms with Gasteiger partial charge >= 0.3 is 0 Å². The van der Waals surface area contributed by atoms with Gasteiger partial charge in [0.2, 0.25) is 5.91 Å². The first kappa shape index (κ1) is 26.9. The first-order chi connectivity index (χ1) is 19.3. The van der Waals surface area contributed by atoms with E-state index in [1.54, 1.807) is 54.5 Å². The minimum Gasteiger partial charge on any atom is -0.491 e. The first-order valence-electron chi connectivity index (χ1n) is 12.8. The monoisotopic (exact) mass is 563 g/mol. The summed E-state index contributed by atoms with van der Waals surface area (Å²) in [5.74, 6) is 0.808. The summed E-state index contributed by atoms with van der Waals surface area (Å²) in [6.07, 6.45) is 4.33. The zero-order chi connectivity index (χ0) is 28.1. The predicted octanol–water partition coefficient (Wildman–Crippen LogP) is 3.12. The van der Waals surface area contributed by atoms with E-state index in [1.165, 1.54) is 18.5 Å². The molecule has 2 aromatic carbocycles. The molecule has 40 heavy (non-hydrogen) atoms. The van der Waals surface area contributed by atoms with Crippen molar-refractivity contribution in [3.05, 3.63) is 66.6 Å². The number of nitrogens with one attached hydrogen (secondary N) is 4. The molecule has 0 aliphatic carbocycles. The summed E-state index contributed by atoms with van der Waals surface area (Å²) in [6, 6.07) is 12.9. The lowest BCUT2D eigenvalue weighted by molar-refractivity contribution is -0.130. The highest BCUT2D eigenvalue weighted by atomic mass is 32.2. The lowest BCUT2D eigenvalue weighted by Gasteiger charge is -2.19. The molecule has 13 heteroatoms. The Kier molecular flexibility index (Phi) is 7.82. The Morgan fingerprint density at radius 2 is 1.82 bits per heavy atom. The maximum Gasteiger partial charge on any atom is 0.262 e. The molecule has 2 aliphatic heterocycles. The second kappa shape index (κ2) is 11.6. The molecule has 4 N–H and O–H groups in total. The number of anilines is 4. The fraction of sp³-hybridized carbons (Fsp3) is 0.259. The van der Waals surface area contributed by atoms with Gasteiger partial charge in [-0.3, -0.25) is 14.3 Å². The summed E-state index contributed by atoms with van der Waals surface area (Å²) >= 11 is 0. The lowest BCUT2D eigenvalue weighted by atomic mass is 10.1. The van der Waals surface area contributed by atoms with Gasteiger partial charge in [-0.25, -0.2) is 18.4 Å². The van der Waals surface area contributed by atoms with Gasteiger partial charge in [0.25, 0.3) is 15.9 Å². The Bertz CT molecular complexity index is 1560. The fourth-order valence-corrected chi connectivity index (χ4v) is 5.41. The molecule has 2 aliphatic rings. The molecule has 3 heterocycles. The van der Waals surface area contributed by atoms with Crippen LogP contribution >= 0.6 is 0 Å². The number of benzene rings is 2. The standard InChI is InChI=1S/C27H29N7O5S/c1-34-13-6-12-28-25-24-20(27(36)32-26(24)31-17-30-25)16-29-18-10-11-21(22(15-18)39-14-5-9-23(34)35)33-40(37,38)19-7-3-2-4-8-19/h2-4,7-8,10-11,15-17,29,33H,5-6,9,12-14H2,1H3,(H2,28,30,31,32,36)/b20-16-. The van der Waals surface area contributed by atoms with Crippen LogP contribution in [0.1, 0.15) is 24.8 Å². The van der Waals surface area contributed by atoms with Gasteiger partial charge in [0.05, 0.1) is 28.3 Å². The maximum absolute atomic E-state index is 13.0. The van der Waals surface area contributed by atoms with Crippen LogP contribution in [0.2, 0.25) is 0 Å². The molecule has 5 rings (SSSR count). The number of amides is 2. The molecule has 1 aromatic heterocycles. The molecule has 0 radical (unpaired) electrons. The van der Waals surface area contributed by atoms with Crippen molar-refractivity contribution in [3.63, 3.8) is 0 Å². The molecule has 0 unspecified atom stereocenters. The Morgan fingerprint density at radius 1 is 1.02 bits per heavy atom. The van der Waals surface area contributed by atoms with Gasteiger partial charge in [0, 0.05) is 44.5 Å². The topological polar surface area (TPSA) is 155 Å². The molecule has 2 bridgehead atoms. The summed E-state index contributed by atoms with van der Waals surface area (Å²) < 4.78 is 34.5. The molecule has 0 fully saturated rings. The van der Waals surface area contributed by atoms with Gasteiger partial charge in [-0.2, -0.15) is 0 Å². The van der Waals surface area contributed by atoms with Crippen molar-refractivity contribution in [3.8, 4) is 5.75 Å². The molecule has 0 atom stereocenters. The molecule has 3 aromatic rings.